The number of benzene rings is 2. The van der Waals surface area contributed by atoms with Crippen molar-refractivity contribution in [1.82, 2.24) is 4.98 Å². The van der Waals surface area contributed by atoms with E-state index in [2.05, 4.69) is 4.98 Å². The van der Waals surface area contributed by atoms with E-state index in [9.17, 15) is 0 Å². The molecule has 0 saturated carbocycles. The van der Waals surface area contributed by atoms with Crippen LogP contribution in [0.15, 0.2) is 52.9 Å². The Morgan fingerprint density at radius 1 is 1.06 bits per heavy atom. The molecule has 1 aromatic heterocycles. The minimum Gasteiger partial charge on any atom is -0.440 e. The first-order valence-electron chi connectivity index (χ1n) is 5.50. The molecule has 3 aromatic rings. The lowest BCUT2D eigenvalue weighted by Gasteiger charge is -1.98. The zero-order chi connectivity index (χ0) is 11.7. The first kappa shape index (κ1) is 9.90. The van der Waals surface area contributed by atoms with E-state index in [0.29, 0.717) is 6.42 Å². The molecule has 2 N–H and O–H groups in total. The number of aromatic nitrogens is 1. The molecule has 0 fully saturated rings. The molecule has 0 atom stereocenters. The summed E-state index contributed by atoms with van der Waals surface area (Å²) in [5.74, 6) is 0.719. The maximum absolute atomic E-state index is 5.74. The summed E-state index contributed by atoms with van der Waals surface area (Å²) in [5, 5.41) is 0. The van der Waals surface area contributed by atoms with Gasteiger partial charge in [0.2, 0.25) is 0 Å². The standard InChI is InChI=1S/C14H12N2O/c15-11-5-3-4-10(8-11)9-14-16-12-6-1-2-7-13(12)17-14/h1-8H,9,15H2. The first-order chi connectivity index (χ1) is 8.31. The van der Waals surface area contributed by atoms with Crippen molar-refractivity contribution >= 4 is 16.8 Å². The Labute approximate surface area is 98.9 Å². The number of hydrogen-bond donors (Lipinski definition) is 1. The second-order valence-electron chi connectivity index (χ2n) is 4.00. The number of nitrogens with two attached hydrogens (primary N) is 1. The summed E-state index contributed by atoms with van der Waals surface area (Å²) in [4.78, 5) is 4.43. The molecular weight excluding hydrogens is 212 g/mol. The van der Waals surface area contributed by atoms with Gasteiger partial charge < -0.3 is 10.2 Å². The zero-order valence-corrected chi connectivity index (χ0v) is 9.26. The second-order valence-corrected chi connectivity index (χ2v) is 4.00. The second kappa shape index (κ2) is 3.94. The molecule has 84 valence electrons. The number of fused-ring (bicyclic) bond motifs is 1. The Morgan fingerprint density at radius 3 is 2.76 bits per heavy atom. The largest absolute Gasteiger partial charge is 0.440 e. The van der Waals surface area contributed by atoms with E-state index in [1.807, 2.05) is 48.5 Å². The molecule has 0 amide bonds. The Morgan fingerprint density at radius 2 is 1.94 bits per heavy atom. The predicted octanol–water partition coefficient (Wildman–Crippen LogP) is 3.00. The lowest BCUT2D eigenvalue weighted by atomic mass is 10.1. The summed E-state index contributed by atoms with van der Waals surface area (Å²) in [7, 11) is 0. The normalized spacial score (nSPS) is 10.8. The van der Waals surface area contributed by atoms with E-state index < -0.39 is 0 Å². The fourth-order valence-corrected chi connectivity index (χ4v) is 1.87. The van der Waals surface area contributed by atoms with Gasteiger partial charge in [-0.25, -0.2) is 4.98 Å². The van der Waals surface area contributed by atoms with Crippen molar-refractivity contribution in [1.29, 1.82) is 0 Å². The van der Waals surface area contributed by atoms with Crippen LogP contribution in [0.2, 0.25) is 0 Å². The van der Waals surface area contributed by atoms with E-state index in [-0.39, 0.29) is 0 Å². The SMILES string of the molecule is Nc1cccc(Cc2nc3ccccc3o2)c1. The summed E-state index contributed by atoms with van der Waals surface area (Å²) in [6.07, 6.45) is 0.666. The average molecular weight is 224 g/mol. The fourth-order valence-electron chi connectivity index (χ4n) is 1.87. The molecular formula is C14H12N2O. The van der Waals surface area contributed by atoms with Crippen LogP contribution < -0.4 is 5.73 Å². The quantitative estimate of drug-likeness (QED) is 0.681. The molecule has 0 radical (unpaired) electrons. The number of para-hydroxylation sites is 2. The lowest BCUT2D eigenvalue weighted by molar-refractivity contribution is 0.544. The van der Waals surface area contributed by atoms with Crippen molar-refractivity contribution in [3.05, 3.63) is 60.0 Å². The maximum atomic E-state index is 5.74. The fraction of sp³-hybridized carbons (Fsp3) is 0.0714. The van der Waals surface area contributed by atoms with Gasteiger partial charge in [-0.3, -0.25) is 0 Å². The van der Waals surface area contributed by atoms with E-state index in [0.717, 1.165) is 28.2 Å². The van der Waals surface area contributed by atoms with Gasteiger partial charge in [0.1, 0.15) is 5.52 Å². The van der Waals surface area contributed by atoms with Gasteiger partial charge in [0.15, 0.2) is 11.5 Å². The summed E-state index contributed by atoms with van der Waals surface area (Å²) >= 11 is 0. The maximum Gasteiger partial charge on any atom is 0.199 e. The number of anilines is 1. The van der Waals surface area contributed by atoms with Gasteiger partial charge in [-0.05, 0) is 29.8 Å². The van der Waals surface area contributed by atoms with E-state index in [1.165, 1.54) is 0 Å². The van der Waals surface area contributed by atoms with Crippen molar-refractivity contribution in [2.45, 2.75) is 6.42 Å². The number of nitrogens with zero attached hydrogens (tertiary/aromatic N) is 1. The van der Waals surface area contributed by atoms with Crippen molar-refractivity contribution < 1.29 is 4.42 Å². The van der Waals surface area contributed by atoms with Crippen LogP contribution in [0.25, 0.3) is 11.1 Å². The molecule has 3 nitrogen and oxygen atoms in total. The van der Waals surface area contributed by atoms with Crippen LogP contribution in [0.4, 0.5) is 5.69 Å². The zero-order valence-electron chi connectivity index (χ0n) is 9.26. The van der Waals surface area contributed by atoms with Crippen LogP contribution >= 0.6 is 0 Å². The summed E-state index contributed by atoms with van der Waals surface area (Å²) < 4.78 is 5.66. The Bertz CT molecular complexity index is 625. The third-order valence-electron chi connectivity index (χ3n) is 2.64. The van der Waals surface area contributed by atoms with Gasteiger partial charge in [-0.15, -0.1) is 0 Å². The summed E-state index contributed by atoms with van der Waals surface area (Å²) in [5.41, 5.74) is 9.33. The topological polar surface area (TPSA) is 52.0 Å². The number of hydrogen-bond acceptors (Lipinski definition) is 3. The molecule has 1 heterocycles. The molecule has 3 rings (SSSR count). The van der Waals surface area contributed by atoms with Crippen LogP contribution in [0.5, 0.6) is 0 Å². The first-order valence-corrected chi connectivity index (χ1v) is 5.50. The van der Waals surface area contributed by atoms with E-state index in [4.69, 9.17) is 10.2 Å². The van der Waals surface area contributed by atoms with Gasteiger partial charge in [0.25, 0.3) is 0 Å². The Hall–Kier alpha value is -2.29. The van der Waals surface area contributed by atoms with E-state index >= 15 is 0 Å². The van der Waals surface area contributed by atoms with Gasteiger partial charge in [-0.2, -0.15) is 0 Å². The molecule has 0 aliphatic heterocycles. The van der Waals surface area contributed by atoms with Crippen LogP contribution in [0, 0.1) is 0 Å². The number of rotatable bonds is 2. The van der Waals surface area contributed by atoms with Crippen LogP contribution in [0.1, 0.15) is 11.5 Å². The van der Waals surface area contributed by atoms with Crippen molar-refractivity contribution in [2.24, 2.45) is 0 Å². The van der Waals surface area contributed by atoms with E-state index in [1.54, 1.807) is 0 Å². The molecule has 0 saturated heterocycles. The summed E-state index contributed by atoms with van der Waals surface area (Å²) in [6, 6.07) is 15.5. The molecule has 0 bridgehead atoms. The summed E-state index contributed by atoms with van der Waals surface area (Å²) in [6.45, 7) is 0. The number of oxazole rings is 1. The third kappa shape index (κ3) is 1.99. The van der Waals surface area contributed by atoms with Crippen LogP contribution in [-0.4, -0.2) is 4.98 Å². The highest BCUT2D eigenvalue weighted by Crippen LogP contribution is 2.18. The molecule has 0 aliphatic rings. The Kier molecular flexibility index (Phi) is 2.29. The smallest absolute Gasteiger partial charge is 0.199 e. The molecule has 3 heteroatoms. The molecule has 0 unspecified atom stereocenters. The highest BCUT2D eigenvalue weighted by Gasteiger charge is 2.05. The highest BCUT2D eigenvalue weighted by molar-refractivity contribution is 5.72. The highest BCUT2D eigenvalue weighted by atomic mass is 16.3. The predicted molar refractivity (Wildman–Crippen MR) is 67.7 cm³/mol. The van der Waals surface area contributed by atoms with Gasteiger partial charge in [0.05, 0.1) is 0 Å². The van der Waals surface area contributed by atoms with Gasteiger partial charge >= 0.3 is 0 Å². The number of nitrogen functional groups attached to an aromatic ring is 1. The minimum atomic E-state index is 0.666. The molecule has 0 spiro atoms. The van der Waals surface area contributed by atoms with Crippen molar-refractivity contribution in [3.63, 3.8) is 0 Å². The van der Waals surface area contributed by atoms with Crippen LogP contribution in [0.3, 0.4) is 0 Å². The average Bonchev–Trinajstić information content (AvgIpc) is 2.71. The molecule has 2 aromatic carbocycles. The molecule has 17 heavy (non-hydrogen) atoms. The van der Waals surface area contributed by atoms with Gasteiger partial charge in [0, 0.05) is 12.1 Å². The van der Waals surface area contributed by atoms with Crippen molar-refractivity contribution in [2.75, 3.05) is 5.73 Å². The van der Waals surface area contributed by atoms with Crippen molar-refractivity contribution in [3.8, 4) is 0 Å². The molecule has 0 aliphatic carbocycles. The van der Waals surface area contributed by atoms with Gasteiger partial charge in [-0.1, -0.05) is 24.3 Å². The van der Waals surface area contributed by atoms with Crippen LogP contribution in [-0.2, 0) is 6.42 Å². The lowest BCUT2D eigenvalue weighted by Crippen LogP contribution is -1.90. The Balaban J connectivity index is 1.94. The third-order valence-corrected chi connectivity index (χ3v) is 2.64. The minimum absolute atomic E-state index is 0.666. The monoisotopic (exact) mass is 224 g/mol.